The first-order chi connectivity index (χ1) is 15.2. The van der Waals surface area contributed by atoms with Crippen molar-refractivity contribution >= 4 is 27.1 Å². The maximum atomic E-state index is 14.5. The molecule has 3 aromatic rings. The second-order valence-corrected chi connectivity index (χ2v) is 9.80. The number of hydrogen-bond acceptors (Lipinski definition) is 4. The predicted molar refractivity (Wildman–Crippen MR) is 117 cm³/mol. The van der Waals surface area contributed by atoms with Crippen molar-refractivity contribution < 1.29 is 22.1 Å². The first-order valence-corrected chi connectivity index (χ1v) is 11.7. The summed E-state index contributed by atoms with van der Waals surface area (Å²) in [6, 6.07) is 15.4. The molecule has 3 rings (SSSR count). The zero-order chi connectivity index (χ0) is 23.3. The first-order valence-electron chi connectivity index (χ1n) is 9.78. The molecule has 0 aliphatic heterocycles. The Labute approximate surface area is 189 Å². The first kappa shape index (κ1) is 23.8. The monoisotopic (exact) mass is 478 g/mol. The van der Waals surface area contributed by atoms with Gasteiger partial charge in [-0.3, -0.25) is 10.1 Å². The highest BCUT2D eigenvalue weighted by Gasteiger charge is 2.31. The SMILES string of the molecule is O=[N+]([O-])c1cc[c]c(CCCCC(c2cc(F)ccc2F)S(=O)(=O)c2ccc(Cl)cc2)c1. The smallest absolute Gasteiger partial charge is 0.258 e. The van der Waals surface area contributed by atoms with Crippen molar-refractivity contribution in [2.24, 2.45) is 0 Å². The van der Waals surface area contributed by atoms with Gasteiger partial charge in [0.15, 0.2) is 9.84 Å². The van der Waals surface area contributed by atoms with Gasteiger partial charge in [0.1, 0.15) is 11.6 Å². The van der Waals surface area contributed by atoms with Gasteiger partial charge in [-0.15, -0.1) is 0 Å². The molecule has 0 heterocycles. The molecule has 0 bridgehead atoms. The highest BCUT2D eigenvalue weighted by molar-refractivity contribution is 7.91. The molecule has 1 unspecified atom stereocenters. The Balaban J connectivity index is 1.82. The van der Waals surface area contributed by atoms with Crippen LogP contribution in [0.1, 0.15) is 35.6 Å². The van der Waals surface area contributed by atoms with Crippen molar-refractivity contribution in [3.05, 3.63) is 105 Å². The molecule has 0 aliphatic carbocycles. The third-order valence-electron chi connectivity index (χ3n) is 5.04. The maximum Gasteiger partial charge on any atom is 0.269 e. The molecule has 0 saturated carbocycles. The third kappa shape index (κ3) is 5.69. The number of sulfone groups is 1. The van der Waals surface area contributed by atoms with Crippen LogP contribution in [0.4, 0.5) is 14.5 Å². The summed E-state index contributed by atoms with van der Waals surface area (Å²) < 4.78 is 54.9. The standard InChI is InChI=1S/C23H19ClF2NO4S/c24-17-8-11-20(12-9-17)32(30,31)23(21-15-18(25)10-13-22(21)26)7-2-1-4-16-5-3-6-19(14-16)27(28)29/h3,6,8-15,23H,1-2,4,7H2. The van der Waals surface area contributed by atoms with Crippen LogP contribution in [0, 0.1) is 27.8 Å². The maximum absolute atomic E-state index is 14.5. The summed E-state index contributed by atoms with van der Waals surface area (Å²) in [5.41, 5.74) is 0.332. The normalized spacial score (nSPS) is 12.5. The fourth-order valence-corrected chi connectivity index (χ4v) is 5.40. The average molecular weight is 479 g/mol. The molecule has 9 heteroatoms. The summed E-state index contributed by atoms with van der Waals surface area (Å²) in [5.74, 6) is -1.54. The van der Waals surface area contributed by atoms with E-state index in [2.05, 4.69) is 6.07 Å². The van der Waals surface area contributed by atoms with Crippen LogP contribution in [-0.2, 0) is 16.3 Å². The van der Waals surface area contributed by atoms with Gasteiger partial charge in [-0.25, -0.2) is 17.2 Å². The molecular formula is C23H19ClF2NO4S. The van der Waals surface area contributed by atoms with Crippen LogP contribution in [0.2, 0.25) is 5.02 Å². The van der Waals surface area contributed by atoms with E-state index in [9.17, 15) is 27.3 Å². The van der Waals surface area contributed by atoms with E-state index in [1.165, 1.54) is 42.5 Å². The fraction of sp³-hybridized carbons (Fsp3) is 0.217. The van der Waals surface area contributed by atoms with Crippen LogP contribution in [0.25, 0.3) is 0 Å². The molecule has 0 aromatic heterocycles. The number of benzene rings is 3. The van der Waals surface area contributed by atoms with Crippen LogP contribution in [-0.4, -0.2) is 13.3 Å². The Morgan fingerprint density at radius 3 is 2.44 bits per heavy atom. The van der Waals surface area contributed by atoms with Crippen molar-refractivity contribution in [2.45, 2.75) is 35.8 Å². The summed E-state index contributed by atoms with van der Waals surface area (Å²) in [4.78, 5) is 10.4. The lowest BCUT2D eigenvalue weighted by molar-refractivity contribution is -0.384. The van der Waals surface area contributed by atoms with E-state index in [0.29, 0.717) is 29.8 Å². The fourth-order valence-electron chi connectivity index (χ4n) is 3.43. The van der Waals surface area contributed by atoms with Gasteiger partial charge in [-0.05, 0) is 79.4 Å². The van der Waals surface area contributed by atoms with Gasteiger partial charge in [0.2, 0.25) is 0 Å². The largest absolute Gasteiger partial charge is 0.269 e. The number of unbranched alkanes of at least 4 members (excludes halogenated alkanes) is 1. The second kappa shape index (κ2) is 10.2. The Morgan fingerprint density at radius 2 is 1.75 bits per heavy atom. The van der Waals surface area contributed by atoms with E-state index < -0.39 is 31.6 Å². The molecule has 167 valence electrons. The van der Waals surface area contributed by atoms with Gasteiger partial charge in [0, 0.05) is 22.7 Å². The Kier molecular flexibility index (Phi) is 7.58. The number of aryl methyl sites for hydroxylation is 1. The minimum absolute atomic E-state index is 0.0393. The van der Waals surface area contributed by atoms with Crippen LogP contribution < -0.4 is 0 Å². The van der Waals surface area contributed by atoms with Crippen LogP contribution in [0.3, 0.4) is 0 Å². The van der Waals surface area contributed by atoms with E-state index in [-0.39, 0.29) is 22.6 Å². The highest BCUT2D eigenvalue weighted by Crippen LogP contribution is 2.35. The van der Waals surface area contributed by atoms with Gasteiger partial charge < -0.3 is 0 Å². The molecule has 32 heavy (non-hydrogen) atoms. The lowest BCUT2D eigenvalue weighted by Crippen LogP contribution is -2.16. The van der Waals surface area contributed by atoms with E-state index >= 15 is 0 Å². The van der Waals surface area contributed by atoms with Gasteiger partial charge in [0.25, 0.3) is 5.69 Å². The Morgan fingerprint density at radius 1 is 1.03 bits per heavy atom. The number of non-ortho nitro benzene ring substituents is 1. The van der Waals surface area contributed by atoms with E-state index in [0.717, 1.165) is 18.2 Å². The lowest BCUT2D eigenvalue weighted by Gasteiger charge is -2.19. The van der Waals surface area contributed by atoms with Crippen molar-refractivity contribution in [1.29, 1.82) is 0 Å². The van der Waals surface area contributed by atoms with Crippen LogP contribution >= 0.6 is 11.6 Å². The molecule has 0 saturated heterocycles. The molecule has 3 aromatic carbocycles. The van der Waals surface area contributed by atoms with Crippen molar-refractivity contribution in [3.8, 4) is 0 Å². The quantitative estimate of drug-likeness (QED) is 0.207. The number of rotatable bonds is 9. The number of nitro benzene ring substituents is 1. The zero-order valence-corrected chi connectivity index (χ0v) is 18.4. The van der Waals surface area contributed by atoms with E-state index in [1.807, 2.05) is 0 Å². The summed E-state index contributed by atoms with van der Waals surface area (Å²) in [7, 11) is -4.04. The minimum atomic E-state index is -4.04. The molecule has 1 radical (unpaired) electrons. The van der Waals surface area contributed by atoms with Gasteiger partial charge in [0.05, 0.1) is 15.1 Å². The van der Waals surface area contributed by atoms with Gasteiger partial charge in [-0.1, -0.05) is 18.0 Å². The van der Waals surface area contributed by atoms with Crippen molar-refractivity contribution in [2.75, 3.05) is 0 Å². The predicted octanol–water partition coefficient (Wildman–Crippen LogP) is 6.25. The molecular weight excluding hydrogens is 460 g/mol. The third-order valence-corrected chi connectivity index (χ3v) is 7.46. The number of nitro groups is 1. The van der Waals surface area contributed by atoms with Crippen molar-refractivity contribution in [1.82, 2.24) is 0 Å². The summed E-state index contributed by atoms with van der Waals surface area (Å²) in [5, 5.41) is 9.96. The van der Waals surface area contributed by atoms with E-state index in [1.54, 1.807) is 0 Å². The average Bonchev–Trinajstić information content (AvgIpc) is 2.76. The molecule has 1 atom stereocenters. The topological polar surface area (TPSA) is 77.3 Å². The van der Waals surface area contributed by atoms with Gasteiger partial charge in [-0.2, -0.15) is 0 Å². The molecule has 0 N–H and O–H groups in total. The Bertz CT molecular complexity index is 1220. The molecule has 0 fully saturated rings. The number of hydrogen-bond donors (Lipinski definition) is 0. The summed E-state index contributed by atoms with van der Waals surface area (Å²) in [6.07, 6.45) is 1.33. The molecule has 0 aliphatic rings. The molecule has 0 spiro atoms. The summed E-state index contributed by atoms with van der Waals surface area (Å²) >= 11 is 5.85. The molecule has 5 nitrogen and oxygen atoms in total. The number of nitrogens with zero attached hydrogens (tertiary/aromatic N) is 1. The highest BCUT2D eigenvalue weighted by atomic mass is 35.5. The zero-order valence-electron chi connectivity index (χ0n) is 16.8. The minimum Gasteiger partial charge on any atom is -0.258 e. The summed E-state index contributed by atoms with van der Waals surface area (Å²) in [6.45, 7) is 0. The van der Waals surface area contributed by atoms with E-state index in [4.69, 9.17) is 11.6 Å². The lowest BCUT2D eigenvalue weighted by atomic mass is 10.0. The number of halogens is 3. The Hall–Kier alpha value is -2.84. The van der Waals surface area contributed by atoms with Crippen LogP contribution in [0.15, 0.2) is 65.6 Å². The van der Waals surface area contributed by atoms with Crippen molar-refractivity contribution in [3.63, 3.8) is 0 Å². The second-order valence-electron chi connectivity index (χ2n) is 7.23. The molecule has 0 amide bonds. The van der Waals surface area contributed by atoms with Gasteiger partial charge >= 0.3 is 0 Å². The van der Waals surface area contributed by atoms with Crippen LogP contribution in [0.5, 0.6) is 0 Å².